The van der Waals surface area contributed by atoms with Crippen molar-refractivity contribution in [3.05, 3.63) is 12.2 Å². The Morgan fingerprint density at radius 3 is 1.78 bits per heavy atom. The molecule has 0 aromatic carbocycles. The predicted molar refractivity (Wildman–Crippen MR) is 199 cm³/mol. The second kappa shape index (κ2) is 30.2. The molecule has 0 aromatic heterocycles. The van der Waals surface area contributed by atoms with E-state index in [-0.39, 0.29) is 18.9 Å². The molecule has 0 aromatic rings. The molecule has 0 saturated carbocycles. The molecule has 7 unspecified atom stereocenters. The Bertz CT molecular complexity index is 983. The Labute approximate surface area is 309 Å². The van der Waals surface area contributed by atoms with Crippen LogP contribution < -0.4 is 5.32 Å². The van der Waals surface area contributed by atoms with E-state index < -0.39 is 59.9 Å². The molecule has 1 fully saturated rings. The van der Waals surface area contributed by atoms with Crippen molar-refractivity contribution >= 4 is 16.3 Å². The topological polar surface area (TPSA) is 192 Å². The SMILES string of the molecule is CCCCCC/C=C\CCCCCCCCCC(=O)NC(COC1OC(CO)C(O)C(OS(=O)(=O)O)C1O)C(O)CCCCCCCCCCC. The molecule has 302 valence electrons. The minimum Gasteiger partial charge on any atom is -0.394 e. The van der Waals surface area contributed by atoms with E-state index in [0.29, 0.717) is 12.8 Å². The smallest absolute Gasteiger partial charge is 0.394 e. The van der Waals surface area contributed by atoms with E-state index in [9.17, 15) is 33.6 Å². The average molecular weight is 752 g/mol. The zero-order chi connectivity index (χ0) is 37.7. The van der Waals surface area contributed by atoms with Crippen molar-refractivity contribution in [3.63, 3.8) is 0 Å². The average Bonchev–Trinajstić information content (AvgIpc) is 3.09. The number of hydrogen-bond acceptors (Lipinski definition) is 10. The summed E-state index contributed by atoms with van der Waals surface area (Å²) in [4.78, 5) is 12.9. The predicted octanol–water partition coefficient (Wildman–Crippen LogP) is 6.43. The summed E-state index contributed by atoms with van der Waals surface area (Å²) in [6.07, 6.45) is 20.9. The number of aliphatic hydroxyl groups is 4. The number of amides is 1. The first kappa shape index (κ1) is 47.9. The number of hydrogen-bond donors (Lipinski definition) is 6. The lowest BCUT2D eigenvalue weighted by atomic mass is 9.99. The van der Waals surface area contributed by atoms with Crippen molar-refractivity contribution in [3.8, 4) is 0 Å². The summed E-state index contributed by atoms with van der Waals surface area (Å²) < 4.78 is 47.4. The van der Waals surface area contributed by atoms with Crippen LogP contribution >= 0.6 is 0 Å². The van der Waals surface area contributed by atoms with Gasteiger partial charge in [0.05, 0.1) is 25.4 Å². The Balaban J connectivity index is 2.55. The van der Waals surface area contributed by atoms with Crippen molar-refractivity contribution in [1.82, 2.24) is 5.32 Å². The van der Waals surface area contributed by atoms with Gasteiger partial charge < -0.3 is 35.2 Å². The summed E-state index contributed by atoms with van der Waals surface area (Å²) in [6, 6.07) is -0.854. The summed E-state index contributed by atoms with van der Waals surface area (Å²) in [5.74, 6) is -0.238. The van der Waals surface area contributed by atoms with Gasteiger partial charge in [-0.25, -0.2) is 4.18 Å². The molecular formula is C38H73NO11S. The number of allylic oxidation sites excluding steroid dienone is 2. The number of unbranched alkanes of at least 4 members (excludes halogenated alkanes) is 19. The highest BCUT2D eigenvalue weighted by Crippen LogP contribution is 2.26. The standard InChI is InChI=1S/C38H73NO11S/c1-3-5-7-9-11-13-14-15-16-17-18-20-22-24-26-28-34(42)39-31(32(41)27-25-23-21-19-12-10-8-6-4-2)30-48-38-36(44)37(50-51(45,46)47)35(43)33(29-40)49-38/h13-14,31-33,35-38,40-41,43-44H,3-12,15-30H2,1-2H3,(H,39,42)(H,45,46,47)/b14-13-. The van der Waals surface area contributed by atoms with Gasteiger partial charge in [-0.3, -0.25) is 9.35 Å². The van der Waals surface area contributed by atoms with Crippen LogP contribution in [0.15, 0.2) is 12.2 Å². The van der Waals surface area contributed by atoms with Gasteiger partial charge in [-0.1, -0.05) is 135 Å². The van der Waals surface area contributed by atoms with Gasteiger partial charge in [-0.2, -0.15) is 8.42 Å². The van der Waals surface area contributed by atoms with E-state index in [1.807, 2.05) is 0 Å². The fourth-order valence-electron chi connectivity index (χ4n) is 6.39. The maximum Gasteiger partial charge on any atom is 0.397 e. The van der Waals surface area contributed by atoms with E-state index in [1.165, 1.54) is 83.5 Å². The lowest BCUT2D eigenvalue weighted by Crippen LogP contribution is -2.61. The molecule has 1 amide bonds. The van der Waals surface area contributed by atoms with Crippen molar-refractivity contribution in [1.29, 1.82) is 0 Å². The van der Waals surface area contributed by atoms with E-state index in [4.69, 9.17) is 14.0 Å². The lowest BCUT2D eigenvalue weighted by Gasteiger charge is -2.41. The third-order valence-electron chi connectivity index (χ3n) is 9.57. The molecule has 1 aliphatic rings. The van der Waals surface area contributed by atoms with Gasteiger partial charge in [-0.05, 0) is 38.5 Å². The first-order valence-electron chi connectivity index (χ1n) is 20.1. The molecule has 13 heteroatoms. The van der Waals surface area contributed by atoms with Crippen molar-refractivity contribution < 1.29 is 51.8 Å². The van der Waals surface area contributed by atoms with Crippen molar-refractivity contribution in [2.24, 2.45) is 0 Å². The Morgan fingerprint density at radius 2 is 1.25 bits per heavy atom. The Morgan fingerprint density at radius 1 is 0.765 bits per heavy atom. The molecule has 7 atom stereocenters. The van der Waals surface area contributed by atoms with E-state index in [1.54, 1.807) is 0 Å². The number of nitrogens with one attached hydrogen (secondary N) is 1. The highest BCUT2D eigenvalue weighted by atomic mass is 32.3. The maximum atomic E-state index is 12.9. The second-order valence-electron chi connectivity index (χ2n) is 14.2. The largest absolute Gasteiger partial charge is 0.397 e. The molecule has 0 bridgehead atoms. The Kier molecular flexibility index (Phi) is 28.3. The van der Waals surface area contributed by atoms with Crippen LogP contribution in [-0.4, -0.2) is 95.4 Å². The van der Waals surface area contributed by atoms with Gasteiger partial charge in [0.2, 0.25) is 5.91 Å². The minimum absolute atomic E-state index is 0.238. The number of rotatable bonds is 33. The molecule has 1 aliphatic heterocycles. The monoisotopic (exact) mass is 751 g/mol. The van der Waals surface area contributed by atoms with Crippen LogP contribution in [0.4, 0.5) is 0 Å². The van der Waals surface area contributed by atoms with Gasteiger partial charge in [0.25, 0.3) is 0 Å². The molecule has 0 radical (unpaired) electrons. The highest BCUT2D eigenvalue weighted by molar-refractivity contribution is 7.80. The molecule has 0 aliphatic carbocycles. The quantitative estimate of drug-likeness (QED) is 0.0246. The minimum atomic E-state index is -5.07. The fourth-order valence-corrected chi connectivity index (χ4v) is 6.90. The molecular weight excluding hydrogens is 678 g/mol. The summed E-state index contributed by atoms with van der Waals surface area (Å²) in [5, 5.41) is 44.5. The van der Waals surface area contributed by atoms with Crippen molar-refractivity contribution in [2.45, 2.75) is 211 Å². The normalized spacial score (nSPS) is 22.4. The Hall–Kier alpha value is -1.16. The van der Waals surface area contributed by atoms with Crippen LogP contribution in [-0.2, 0) is 28.9 Å². The van der Waals surface area contributed by atoms with Crippen LogP contribution in [0.25, 0.3) is 0 Å². The molecule has 1 rings (SSSR count). The molecule has 6 N–H and O–H groups in total. The van der Waals surface area contributed by atoms with E-state index >= 15 is 0 Å². The number of ether oxygens (including phenoxy) is 2. The van der Waals surface area contributed by atoms with Crippen LogP contribution in [0.3, 0.4) is 0 Å². The molecule has 1 heterocycles. The number of aliphatic hydroxyl groups excluding tert-OH is 4. The van der Waals surface area contributed by atoms with Crippen LogP contribution in [0, 0.1) is 0 Å². The van der Waals surface area contributed by atoms with Gasteiger partial charge in [-0.15, -0.1) is 0 Å². The van der Waals surface area contributed by atoms with Gasteiger partial charge in [0.15, 0.2) is 6.29 Å². The number of carbonyl (C=O) groups excluding carboxylic acids is 1. The lowest BCUT2D eigenvalue weighted by molar-refractivity contribution is -0.298. The van der Waals surface area contributed by atoms with Gasteiger partial charge >= 0.3 is 10.4 Å². The van der Waals surface area contributed by atoms with Gasteiger partial charge in [0, 0.05) is 6.42 Å². The zero-order valence-electron chi connectivity index (χ0n) is 31.7. The molecule has 51 heavy (non-hydrogen) atoms. The van der Waals surface area contributed by atoms with Crippen LogP contribution in [0.1, 0.15) is 168 Å². The summed E-state index contributed by atoms with van der Waals surface area (Å²) in [5.41, 5.74) is 0. The summed E-state index contributed by atoms with van der Waals surface area (Å²) in [6.45, 7) is 3.37. The molecule has 1 saturated heterocycles. The molecule has 0 spiro atoms. The third-order valence-corrected chi connectivity index (χ3v) is 10.0. The number of carbonyl (C=O) groups is 1. The van der Waals surface area contributed by atoms with E-state index in [2.05, 4.69) is 35.5 Å². The fraction of sp³-hybridized carbons (Fsp3) is 0.921. The third kappa shape index (κ3) is 24.0. The first-order valence-corrected chi connectivity index (χ1v) is 21.4. The highest BCUT2D eigenvalue weighted by Gasteiger charge is 2.48. The maximum absolute atomic E-state index is 12.9. The van der Waals surface area contributed by atoms with Crippen LogP contribution in [0.5, 0.6) is 0 Å². The van der Waals surface area contributed by atoms with Crippen molar-refractivity contribution in [2.75, 3.05) is 13.2 Å². The summed E-state index contributed by atoms with van der Waals surface area (Å²) >= 11 is 0. The first-order chi connectivity index (χ1) is 24.5. The second-order valence-corrected chi connectivity index (χ2v) is 15.3. The van der Waals surface area contributed by atoms with Crippen LogP contribution in [0.2, 0.25) is 0 Å². The zero-order valence-corrected chi connectivity index (χ0v) is 32.5. The molecule has 12 nitrogen and oxygen atoms in total. The summed E-state index contributed by atoms with van der Waals surface area (Å²) in [7, 11) is -5.07. The van der Waals surface area contributed by atoms with Gasteiger partial charge in [0.1, 0.15) is 24.4 Å². The van der Waals surface area contributed by atoms with E-state index in [0.717, 1.165) is 51.4 Å².